The number of benzene rings is 2. The van der Waals surface area contributed by atoms with Gasteiger partial charge in [-0.3, -0.25) is 4.79 Å². The molecule has 0 saturated heterocycles. The first-order valence-corrected chi connectivity index (χ1v) is 11.1. The molecular weight excluding hydrogens is 442 g/mol. The first-order chi connectivity index (χ1) is 16.2. The van der Waals surface area contributed by atoms with Gasteiger partial charge in [-0.15, -0.1) is 0 Å². The fraction of sp³-hybridized carbons (Fsp3) is 0.500. The Kier molecular flexibility index (Phi) is 16.7. The summed E-state index contributed by atoms with van der Waals surface area (Å²) in [6.07, 6.45) is 1.66. The van der Waals surface area contributed by atoms with Gasteiger partial charge >= 0.3 is 0 Å². The number of aliphatic hydroxyl groups excluding tert-OH is 1. The number of fused-ring (bicyclic) bond motifs is 1. The van der Waals surface area contributed by atoms with Crippen molar-refractivity contribution in [1.82, 2.24) is 10.6 Å². The minimum atomic E-state index is -0.521. The summed E-state index contributed by atoms with van der Waals surface area (Å²) in [5.74, 6) is -1.04. The number of carbonyl (C=O) groups is 1. The molecule has 34 heavy (non-hydrogen) atoms. The zero-order chi connectivity index (χ0) is 26.0. The van der Waals surface area contributed by atoms with Gasteiger partial charge in [-0.2, -0.15) is 0 Å². The number of aliphatic hydroxyl groups is 1. The molecule has 2 aromatic rings. The van der Waals surface area contributed by atoms with Crippen molar-refractivity contribution in [3.8, 4) is 0 Å². The number of ether oxygens (including phenoxy) is 2. The van der Waals surface area contributed by atoms with Crippen molar-refractivity contribution in [1.29, 1.82) is 0 Å². The largest absolute Gasteiger partial charge is 0.400 e. The molecule has 1 atom stereocenters. The number of nitrogens with one attached hydrogen (secondary N) is 2. The van der Waals surface area contributed by atoms with Gasteiger partial charge in [0, 0.05) is 26.8 Å². The summed E-state index contributed by atoms with van der Waals surface area (Å²) >= 11 is 0. The summed E-state index contributed by atoms with van der Waals surface area (Å²) in [5.41, 5.74) is 3.25. The highest BCUT2D eigenvalue weighted by Gasteiger charge is 2.19. The summed E-state index contributed by atoms with van der Waals surface area (Å²) in [5, 5.41) is 13.1. The molecule has 6 nitrogen and oxygen atoms in total. The van der Waals surface area contributed by atoms with E-state index in [2.05, 4.69) is 28.8 Å². The van der Waals surface area contributed by atoms with Crippen LogP contribution in [-0.4, -0.2) is 51.0 Å². The summed E-state index contributed by atoms with van der Waals surface area (Å²) in [4.78, 5) is 10.1. The maximum atomic E-state index is 12.2. The Morgan fingerprint density at radius 3 is 2.24 bits per heavy atom. The Morgan fingerprint density at radius 2 is 1.71 bits per heavy atom. The van der Waals surface area contributed by atoms with Gasteiger partial charge in [-0.25, -0.2) is 8.78 Å². The lowest BCUT2D eigenvalue weighted by Crippen LogP contribution is -2.31. The lowest BCUT2D eigenvalue weighted by Gasteiger charge is -2.26. The summed E-state index contributed by atoms with van der Waals surface area (Å²) in [6, 6.07) is 12.1. The van der Waals surface area contributed by atoms with Gasteiger partial charge in [-0.1, -0.05) is 24.3 Å². The molecule has 3 rings (SSSR count). The minimum absolute atomic E-state index is 0.0417. The summed E-state index contributed by atoms with van der Waals surface area (Å²) < 4.78 is 34.9. The van der Waals surface area contributed by atoms with E-state index in [1.54, 1.807) is 14.0 Å². The van der Waals surface area contributed by atoms with Crippen LogP contribution in [0.3, 0.4) is 0 Å². The van der Waals surface area contributed by atoms with Gasteiger partial charge in [0.2, 0.25) is 6.41 Å². The molecule has 1 amide bonds. The highest BCUT2D eigenvalue weighted by Crippen LogP contribution is 2.24. The predicted molar refractivity (Wildman–Crippen MR) is 132 cm³/mol. The van der Waals surface area contributed by atoms with Crippen molar-refractivity contribution in [2.75, 3.05) is 33.9 Å². The standard InChI is InChI=1S/C13H18N2O2.C7H6F2.C5H12O.CH4O/c16-10-14-6-3-7-15-13-9-17-8-11-4-1-2-5-12(11)13;1-5-2-6(8)4-7(9)3-5;1-5(2,3)6-4;1-2/h1-2,4-5,10,13,15H,3,6-9H2,(H,14,16);2-4H,1H3;1-4H3;2H,1H3. The second-order valence-corrected chi connectivity index (χ2v) is 8.41. The van der Waals surface area contributed by atoms with Crippen molar-refractivity contribution in [3.63, 3.8) is 0 Å². The number of rotatable bonds is 6. The average Bonchev–Trinajstić information content (AvgIpc) is 2.80. The second kappa shape index (κ2) is 18.0. The van der Waals surface area contributed by atoms with E-state index in [0.717, 1.165) is 39.2 Å². The third kappa shape index (κ3) is 14.7. The first-order valence-electron chi connectivity index (χ1n) is 11.1. The minimum Gasteiger partial charge on any atom is -0.400 e. The molecule has 0 saturated carbocycles. The van der Waals surface area contributed by atoms with E-state index in [9.17, 15) is 13.6 Å². The lowest BCUT2D eigenvalue weighted by molar-refractivity contribution is -0.109. The monoisotopic (exact) mass is 482 g/mol. The van der Waals surface area contributed by atoms with Crippen LogP contribution in [0.1, 0.15) is 49.9 Å². The number of carbonyl (C=O) groups excluding carboxylic acids is 1. The van der Waals surface area contributed by atoms with E-state index >= 15 is 0 Å². The van der Waals surface area contributed by atoms with E-state index in [1.807, 2.05) is 26.8 Å². The van der Waals surface area contributed by atoms with E-state index in [4.69, 9.17) is 14.6 Å². The Hall–Kier alpha value is -2.39. The van der Waals surface area contributed by atoms with E-state index in [1.165, 1.54) is 23.3 Å². The molecule has 0 aliphatic carbocycles. The van der Waals surface area contributed by atoms with Crippen LogP contribution in [0.4, 0.5) is 8.78 Å². The van der Waals surface area contributed by atoms with Crippen molar-refractivity contribution in [2.45, 2.75) is 52.4 Å². The maximum absolute atomic E-state index is 12.2. The SMILES string of the molecule is CO.COC(C)(C)C.Cc1cc(F)cc(F)c1.O=CNCCCNC1COCc2ccccc21. The van der Waals surface area contributed by atoms with Crippen LogP contribution in [0.15, 0.2) is 42.5 Å². The zero-order valence-electron chi connectivity index (χ0n) is 21.2. The average molecular weight is 483 g/mol. The molecule has 192 valence electrons. The Balaban J connectivity index is 0.000000537. The smallest absolute Gasteiger partial charge is 0.207 e. The molecule has 1 heterocycles. The number of methoxy groups -OCH3 is 1. The van der Waals surface area contributed by atoms with Crippen LogP contribution in [0.2, 0.25) is 0 Å². The molecule has 0 aromatic heterocycles. The van der Waals surface area contributed by atoms with Gasteiger partial charge in [0.15, 0.2) is 0 Å². The summed E-state index contributed by atoms with van der Waals surface area (Å²) in [7, 11) is 2.71. The highest BCUT2D eigenvalue weighted by atomic mass is 19.1. The van der Waals surface area contributed by atoms with Crippen LogP contribution < -0.4 is 10.6 Å². The zero-order valence-corrected chi connectivity index (χ0v) is 21.2. The maximum Gasteiger partial charge on any atom is 0.207 e. The third-order valence-electron chi connectivity index (χ3n) is 4.56. The Bertz CT molecular complexity index is 763. The molecule has 1 aliphatic rings. The van der Waals surface area contributed by atoms with Crippen molar-refractivity contribution in [3.05, 3.63) is 70.8 Å². The molecular formula is C26H40F2N2O4. The molecule has 0 bridgehead atoms. The molecule has 0 radical (unpaired) electrons. The number of aryl methyl sites for hydroxylation is 1. The van der Waals surface area contributed by atoms with E-state index < -0.39 is 11.6 Å². The molecule has 8 heteroatoms. The fourth-order valence-corrected chi connectivity index (χ4v) is 2.77. The topological polar surface area (TPSA) is 79.8 Å². The molecule has 3 N–H and O–H groups in total. The Morgan fingerprint density at radius 1 is 1.12 bits per heavy atom. The fourth-order valence-electron chi connectivity index (χ4n) is 2.77. The van der Waals surface area contributed by atoms with Gasteiger partial charge in [0.1, 0.15) is 11.6 Å². The number of hydrogen-bond acceptors (Lipinski definition) is 5. The van der Waals surface area contributed by atoms with Crippen LogP contribution in [-0.2, 0) is 20.9 Å². The van der Waals surface area contributed by atoms with Crippen molar-refractivity contribution < 1.29 is 28.2 Å². The van der Waals surface area contributed by atoms with Crippen LogP contribution >= 0.6 is 0 Å². The number of amides is 1. The van der Waals surface area contributed by atoms with Gasteiger partial charge in [0.05, 0.1) is 24.9 Å². The van der Waals surface area contributed by atoms with Crippen LogP contribution in [0, 0.1) is 18.6 Å². The van der Waals surface area contributed by atoms with Crippen molar-refractivity contribution in [2.24, 2.45) is 0 Å². The second-order valence-electron chi connectivity index (χ2n) is 8.41. The van der Waals surface area contributed by atoms with Gasteiger partial charge in [-0.05, 0) is 69.5 Å². The summed E-state index contributed by atoms with van der Waals surface area (Å²) in [6.45, 7) is 10.7. The van der Waals surface area contributed by atoms with E-state index in [0.29, 0.717) is 18.7 Å². The lowest BCUT2D eigenvalue weighted by atomic mass is 9.99. The van der Waals surface area contributed by atoms with Crippen LogP contribution in [0.25, 0.3) is 0 Å². The highest BCUT2D eigenvalue weighted by molar-refractivity contribution is 5.45. The Labute approximate surface area is 202 Å². The molecule has 1 unspecified atom stereocenters. The number of hydrogen-bond donors (Lipinski definition) is 3. The van der Waals surface area contributed by atoms with Crippen molar-refractivity contribution >= 4 is 6.41 Å². The molecule has 0 spiro atoms. The van der Waals surface area contributed by atoms with Gasteiger partial charge < -0.3 is 25.2 Å². The normalized spacial score (nSPS) is 14.1. The van der Waals surface area contributed by atoms with Gasteiger partial charge in [0.25, 0.3) is 0 Å². The number of halogens is 2. The molecule has 2 aromatic carbocycles. The third-order valence-corrected chi connectivity index (χ3v) is 4.56. The quantitative estimate of drug-likeness (QED) is 0.423. The predicted octanol–water partition coefficient (Wildman–Crippen LogP) is 4.30. The molecule has 1 aliphatic heterocycles. The van der Waals surface area contributed by atoms with Crippen LogP contribution in [0.5, 0.6) is 0 Å². The van der Waals surface area contributed by atoms with E-state index in [-0.39, 0.29) is 11.6 Å². The first kappa shape index (κ1) is 31.6. The molecule has 0 fully saturated rings.